The second-order valence-corrected chi connectivity index (χ2v) is 8.52. The summed E-state index contributed by atoms with van der Waals surface area (Å²) in [6.07, 6.45) is 4.91. The second-order valence-electron chi connectivity index (χ2n) is 7.64. The van der Waals surface area contributed by atoms with Crippen LogP contribution >= 0.6 is 11.8 Å². The average molecular weight is 351 g/mol. The average Bonchev–Trinajstić information content (AvgIpc) is 2.47. The summed E-state index contributed by atoms with van der Waals surface area (Å²) in [6.45, 7) is 8.58. The van der Waals surface area contributed by atoms with E-state index >= 15 is 0 Å². The Bertz CT molecular complexity index is 547. The molecule has 1 atom stereocenters. The fourth-order valence-electron chi connectivity index (χ4n) is 2.83. The van der Waals surface area contributed by atoms with Crippen LogP contribution in [0, 0.1) is 0 Å². The summed E-state index contributed by atoms with van der Waals surface area (Å²) in [5, 5.41) is 6.65. The molecule has 0 aromatic heterocycles. The maximum atomic E-state index is 12.1. The van der Waals surface area contributed by atoms with Gasteiger partial charge >= 0.3 is 6.09 Å². The molecule has 4 nitrogen and oxygen atoms in total. The number of carbonyl (C=O) groups is 1. The van der Waals surface area contributed by atoms with Crippen molar-refractivity contribution in [2.75, 3.05) is 12.8 Å². The minimum absolute atomic E-state index is 0.171. The van der Waals surface area contributed by atoms with Gasteiger partial charge < -0.3 is 15.4 Å². The van der Waals surface area contributed by atoms with E-state index in [0.29, 0.717) is 0 Å². The van der Waals surface area contributed by atoms with Crippen molar-refractivity contribution in [3.8, 4) is 0 Å². The first-order valence-electron chi connectivity index (χ1n) is 8.62. The van der Waals surface area contributed by atoms with E-state index in [4.69, 9.17) is 4.74 Å². The summed E-state index contributed by atoms with van der Waals surface area (Å²) in [7, 11) is 0. The Morgan fingerprint density at radius 1 is 1.29 bits per heavy atom. The second kappa shape index (κ2) is 7.79. The molecule has 1 aliphatic carbocycles. The van der Waals surface area contributed by atoms with Crippen LogP contribution in [0.1, 0.15) is 58.6 Å². The van der Waals surface area contributed by atoms with Crippen molar-refractivity contribution in [1.29, 1.82) is 0 Å². The zero-order chi connectivity index (χ0) is 17.8. The van der Waals surface area contributed by atoms with Crippen molar-refractivity contribution >= 4 is 17.9 Å². The zero-order valence-electron chi connectivity index (χ0n) is 15.4. The van der Waals surface area contributed by atoms with E-state index in [1.54, 1.807) is 11.8 Å². The highest BCUT2D eigenvalue weighted by atomic mass is 32.2. The van der Waals surface area contributed by atoms with Crippen molar-refractivity contribution in [2.24, 2.45) is 0 Å². The smallest absolute Gasteiger partial charge is 0.408 e. The van der Waals surface area contributed by atoms with Crippen LogP contribution in [0.5, 0.6) is 0 Å². The van der Waals surface area contributed by atoms with Crippen LogP contribution in [0.2, 0.25) is 0 Å². The van der Waals surface area contributed by atoms with Gasteiger partial charge in [-0.1, -0.05) is 12.1 Å². The molecule has 1 saturated carbocycles. The van der Waals surface area contributed by atoms with E-state index in [1.165, 1.54) is 10.5 Å². The Hall–Kier alpha value is -1.20. The molecule has 1 fully saturated rings. The molecule has 5 heteroatoms. The van der Waals surface area contributed by atoms with Crippen LogP contribution in [0.4, 0.5) is 4.79 Å². The Morgan fingerprint density at radius 3 is 2.38 bits per heavy atom. The first kappa shape index (κ1) is 19.1. The summed E-state index contributed by atoms with van der Waals surface area (Å²) in [4.78, 5) is 13.4. The number of rotatable bonds is 6. The topological polar surface area (TPSA) is 50.4 Å². The molecule has 0 aliphatic heterocycles. The van der Waals surface area contributed by atoms with Gasteiger partial charge in [-0.25, -0.2) is 4.79 Å². The molecule has 0 spiro atoms. The summed E-state index contributed by atoms with van der Waals surface area (Å²) in [6, 6.07) is 8.88. The number of hydrogen-bond donors (Lipinski definition) is 2. The van der Waals surface area contributed by atoms with E-state index in [-0.39, 0.29) is 17.7 Å². The fraction of sp³-hybridized carbons (Fsp3) is 0.632. The van der Waals surface area contributed by atoms with Crippen LogP contribution in [-0.4, -0.2) is 30.0 Å². The third kappa shape index (κ3) is 5.42. The standard InChI is InChI=1S/C19H30N2O2S/c1-14(15-7-9-16(24-5)10-8-15)20-13-19(11-6-12-19)21-17(22)23-18(2,3)4/h7-10,14,20H,6,11-13H2,1-5H3,(H,21,22). The number of alkyl carbamates (subject to hydrolysis) is 1. The molecule has 24 heavy (non-hydrogen) atoms. The molecule has 0 bridgehead atoms. The van der Waals surface area contributed by atoms with Crippen LogP contribution < -0.4 is 10.6 Å². The fourth-order valence-corrected chi connectivity index (χ4v) is 3.24. The molecule has 2 N–H and O–H groups in total. The molecule has 1 amide bonds. The molecular formula is C19H30N2O2S. The van der Waals surface area contributed by atoms with Crippen molar-refractivity contribution in [1.82, 2.24) is 10.6 Å². The lowest BCUT2D eigenvalue weighted by Crippen LogP contribution is -2.60. The Kier molecular flexibility index (Phi) is 6.21. The summed E-state index contributed by atoms with van der Waals surface area (Å²) in [5.74, 6) is 0. The molecule has 1 aromatic rings. The SMILES string of the molecule is CSc1ccc(C(C)NCC2(NC(=O)OC(C)(C)C)CCC2)cc1. The molecule has 1 aromatic carbocycles. The maximum absolute atomic E-state index is 12.1. The van der Waals surface area contributed by atoms with Crippen molar-refractivity contribution in [2.45, 2.75) is 69.0 Å². The largest absolute Gasteiger partial charge is 0.444 e. The molecular weight excluding hydrogens is 320 g/mol. The molecule has 0 heterocycles. The minimum atomic E-state index is -0.464. The van der Waals surface area contributed by atoms with E-state index in [9.17, 15) is 4.79 Å². The van der Waals surface area contributed by atoms with E-state index in [1.807, 2.05) is 20.8 Å². The quantitative estimate of drug-likeness (QED) is 0.741. The molecule has 0 saturated heterocycles. The zero-order valence-corrected chi connectivity index (χ0v) is 16.3. The first-order valence-corrected chi connectivity index (χ1v) is 9.84. The Labute approximate surface area is 150 Å². The van der Waals surface area contributed by atoms with Gasteiger partial charge in [0.2, 0.25) is 0 Å². The molecule has 2 rings (SSSR count). The van der Waals surface area contributed by atoms with E-state index in [0.717, 1.165) is 25.8 Å². The summed E-state index contributed by atoms with van der Waals surface area (Å²) >= 11 is 1.75. The molecule has 1 aliphatic rings. The lowest BCUT2D eigenvalue weighted by molar-refractivity contribution is 0.0379. The number of ether oxygens (including phenoxy) is 1. The van der Waals surface area contributed by atoms with Crippen molar-refractivity contribution < 1.29 is 9.53 Å². The number of hydrogen-bond acceptors (Lipinski definition) is 4. The minimum Gasteiger partial charge on any atom is -0.444 e. The van der Waals surface area contributed by atoms with Crippen molar-refractivity contribution in [3.63, 3.8) is 0 Å². The van der Waals surface area contributed by atoms with Gasteiger partial charge in [-0.2, -0.15) is 0 Å². The van der Waals surface area contributed by atoms with Crippen molar-refractivity contribution in [3.05, 3.63) is 29.8 Å². The monoisotopic (exact) mass is 350 g/mol. The molecule has 1 unspecified atom stereocenters. The highest BCUT2D eigenvalue weighted by molar-refractivity contribution is 7.98. The highest BCUT2D eigenvalue weighted by Gasteiger charge is 2.39. The summed E-state index contributed by atoms with van der Waals surface area (Å²) in [5.41, 5.74) is 0.629. The Morgan fingerprint density at radius 2 is 1.92 bits per heavy atom. The number of nitrogens with one attached hydrogen (secondary N) is 2. The lowest BCUT2D eigenvalue weighted by Gasteiger charge is -2.43. The van der Waals surface area contributed by atoms with E-state index < -0.39 is 5.60 Å². The van der Waals surface area contributed by atoms with E-state index in [2.05, 4.69) is 48.1 Å². The highest BCUT2D eigenvalue weighted by Crippen LogP contribution is 2.32. The Balaban J connectivity index is 1.89. The van der Waals surface area contributed by atoms with Gasteiger partial charge in [-0.05, 0) is 70.9 Å². The van der Waals surface area contributed by atoms with Crippen LogP contribution in [0.25, 0.3) is 0 Å². The van der Waals surface area contributed by atoms with Gasteiger partial charge in [0.1, 0.15) is 5.60 Å². The van der Waals surface area contributed by atoms with Gasteiger partial charge in [0, 0.05) is 17.5 Å². The normalized spacial score (nSPS) is 17.7. The third-order valence-electron chi connectivity index (χ3n) is 4.44. The van der Waals surface area contributed by atoms with Gasteiger partial charge in [0.25, 0.3) is 0 Å². The van der Waals surface area contributed by atoms with Gasteiger partial charge in [-0.3, -0.25) is 0 Å². The third-order valence-corrected chi connectivity index (χ3v) is 5.18. The van der Waals surface area contributed by atoms with Crippen LogP contribution in [0.15, 0.2) is 29.2 Å². The van der Waals surface area contributed by atoms with Gasteiger partial charge in [0.05, 0.1) is 5.54 Å². The molecule has 0 radical (unpaired) electrons. The number of carbonyl (C=O) groups excluding carboxylic acids is 1. The van der Waals surface area contributed by atoms with Gasteiger partial charge in [-0.15, -0.1) is 11.8 Å². The predicted octanol–water partition coefficient (Wildman–Crippen LogP) is 4.51. The number of amides is 1. The first-order chi connectivity index (χ1) is 11.2. The molecule has 134 valence electrons. The maximum Gasteiger partial charge on any atom is 0.408 e. The van der Waals surface area contributed by atoms with Crippen LogP contribution in [0.3, 0.4) is 0 Å². The number of benzene rings is 1. The van der Waals surface area contributed by atoms with Crippen LogP contribution in [-0.2, 0) is 4.74 Å². The predicted molar refractivity (Wildman–Crippen MR) is 101 cm³/mol. The number of thioether (sulfide) groups is 1. The van der Waals surface area contributed by atoms with Gasteiger partial charge in [0.15, 0.2) is 0 Å². The summed E-state index contributed by atoms with van der Waals surface area (Å²) < 4.78 is 5.41. The lowest BCUT2D eigenvalue weighted by atomic mass is 9.76.